The third kappa shape index (κ3) is 4.33. The van der Waals surface area contributed by atoms with E-state index in [1.54, 1.807) is 33.2 Å². The predicted molar refractivity (Wildman–Crippen MR) is 104 cm³/mol. The van der Waals surface area contributed by atoms with Gasteiger partial charge >= 0.3 is 6.09 Å². The molecule has 0 saturated carbocycles. The Kier molecular flexibility index (Phi) is 5.07. The fourth-order valence-corrected chi connectivity index (χ4v) is 4.00. The lowest BCUT2D eigenvalue weighted by molar-refractivity contribution is 0.0636. The number of nitrogens with zero attached hydrogens (tertiary/aromatic N) is 4. The lowest BCUT2D eigenvalue weighted by Crippen LogP contribution is -2.46. The van der Waals surface area contributed by atoms with Crippen molar-refractivity contribution in [3.05, 3.63) is 18.6 Å². The van der Waals surface area contributed by atoms with Gasteiger partial charge in [-0.2, -0.15) is 0 Å². The highest BCUT2D eigenvalue weighted by atomic mass is 32.1. The van der Waals surface area contributed by atoms with Crippen LogP contribution in [0.4, 0.5) is 15.9 Å². The molecule has 2 fully saturated rings. The summed E-state index contributed by atoms with van der Waals surface area (Å²) in [7, 11) is 0. The Hall–Kier alpha value is -2.46. The molecule has 10 heteroatoms. The number of thiazole rings is 1. The first-order valence-electron chi connectivity index (χ1n) is 9.19. The molecule has 2 unspecified atom stereocenters. The number of carbonyl (C=O) groups excluding carboxylic acids is 1. The quantitative estimate of drug-likeness (QED) is 0.826. The number of rotatable bonds is 4. The molecule has 2 aromatic heterocycles. The molecule has 2 atom stereocenters. The zero-order valence-corrected chi connectivity index (χ0v) is 16.9. The number of anilines is 2. The third-order valence-electron chi connectivity index (χ3n) is 4.40. The topological polar surface area (TPSA) is 98.7 Å². The molecule has 4 heterocycles. The first-order valence-corrected chi connectivity index (χ1v) is 10.0. The van der Waals surface area contributed by atoms with Gasteiger partial charge in [-0.15, -0.1) is 0 Å². The largest absolute Gasteiger partial charge is 0.444 e. The van der Waals surface area contributed by atoms with E-state index in [0.29, 0.717) is 34.0 Å². The van der Waals surface area contributed by atoms with Crippen molar-refractivity contribution < 1.29 is 19.0 Å². The van der Waals surface area contributed by atoms with Crippen molar-refractivity contribution in [3.63, 3.8) is 0 Å². The van der Waals surface area contributed by atoms with Crippen LogP contribution in [0.5, 0.6) is 10.8 Å². The van der Waals surface area contributed by atoms with Gasteiger partial charge in [-0.05, 0) is 33.6 Å². The van der Waals surface area contributed by atoms with Crippen molar-refractivity contribution in [3.8, 4) is 10.8 Å². The van der Waals surface area contributed by atoms with E-state index in [9.17, 15) is 4.79 Å². The fourth-order valence-electron chi connectivity index (χ4n) is 3.32. The Morgan fingerprint density at radius 2 is 1.86 bits per heavy atom. The third-order valence-corrected chi connectivity index (χ3v) is 5.19. The number of carbonyl (C=O) groups is 1. The predicted octanol–water partition coefficient (Wildman–Crippen LogP) is 3.44. The normalized spacial score (nSPS) is 21.5. The van der Waals surface area contributed by atoms with E-state index in [2.05, 4.69) is 25.2 Å². The highest BCUT2D eigenvalue weighted by Gasteiger charge is 2.38. The number of amides is 1. The molecule has 150 valence electrons. The van der Waals surface area contributed by atoms with E-state index >= 15 is 0 Å². The molecular weight excluding hydrogens is 382 g/mol. The molecule has 28 heavy (non-hydrogen) atoms. The zero-order chi connectivity index (χ0) is 19.7. The second-order valence-electron chi connectivity index (χ2n) is 7.76. The van der Waals surface area contributed by atoms with E-state index in [1.165, 1.54) is 17.5 Å². The highest BCUT2D eigenvalue weighted by Crippen LogP contribution is 2.33. The summed E-state index contributed by atoms with van der Waals surface area (Å²) in [5.41, 5.74) is -0.570. The van der Waals surface area contributed by atoms with Gasteiger partial charge in [-0.1, -0.05) is 11.3 Å². The number of hydrogen-bond donors (Lipinski definition) is 1. The minimum absolute atomic E-state index is 0.355. The van der Waals surface area contributed by atoms with Crippen LogP contribution in [-0.2, 0) is 9.47 Å². The Morgan fingerprint density at radius 1 is 1.18 bits per heavy atom. The van der Waals surface area contributed by atoms with Crippen molar-refractivity contribution >= 4 is 28.5 Å². The molecule has 0 aliphatic carbocycles. The van der Waals surface area contributed by atoms with Crippen LogP contribution in [0.2, 0.25) is 0 Å². The number of ether oxygens (including phenoxy) is 3. The van der Waals surface area contributed by atoms with E-state index in [4.69, 9.17) is 14.2 Å². The van der Waals surface area contributed by atoms with Crippen LogP contribution in [0.15, 0.2) is 18.6 Å². The smallest absolute Gasteiger partial charge is 0.413 e. The number of hydrogen-bond acceptors (Lipinski definition) is 9. The number of fused-ring (bicyclic) bond motifs is 2. The maximum atomic E-state index is 11.8. The van der Waals surface area contributed by atoms with Gasteiger partial charge in [0.2, 0.25) is 11.0 Å². The van der Waals surface area contributed by atoms with Crippen LogP contribution in [0.3, 0.4) is 0 Å². The van der Waals surface area contributed by atoms with Gasteiger partial charge in [0, 0.05) is 0 Å². The molecule has 0 radical (unpaired) electrons. The van der Waals surface area contributed by atoms with E-state index in [-0.39, 0.29) is 0 Å². The Labute approximate surface area is 167 Å². The number of nitrogens with one attached hydrogen (secondary N) is 1. The number of aromatic nitrogens is 3. The molecular formula is C18H23N5O4S. The zero-order valence-electron chi connectivity index (χ0n) is 16.0. The summed E-state index contributed by atoms with van der Waals surface area (Å²) in [6.07, 6.45) is 6.51. The van der Waals surface area contributed by atoms with Gasteiger partial charge in [0.15, 0.2) is 10.9 Å². The van der Waals surface area contributed by atoms with E-state index in [0.717, 1.165) is 26.1 Å². The van der Waals surface area contributed by atoms with Crippen molar-refractivity contribution in [2.75, 3.05) is 23.4 Å². The summed E-state index contributed by atoms with van der Waals surface area (Å²) in [6.45, 7) is 6.86. The molecule has 2 bridgehead atoms. The molecule has 0 aromatic carbocycles. The highest BCUT2D eigenvalue weighted by molar-refractivity contribution is 7.17. The molecule has 4 rings (SSSR count). The van der Waals surface area contributed by atoms with Crippen LogP contribution in [0, 0.1) is 0 Å². The molecule has 2 aliphatic rings. The second kappa shape index (κ2) is 7.51. The summed E-state index contributed by atoms with van der Waals surface area (Å²) in [6, 6.07) is 0.710. The standard InChI is InChI=1S/C18H23N5O4S/c1-18(2,3)27-17(24)22-16-21-8-14(28-16)26-13-6-19-15(20-7-13)23-11-4-5-12(23)10-25-9-11/h6-8,11-12H,4-5,9-10H2,1-3H3,(H,21,22,24). The van der Waals surface area contributed by atoms with Crippen LogP contribution >= 0.6 is 11.3 Å². The van der Waals surface area contributed by atoms with Gasteiger partial charge < -0.3 is 19.1 Å². The number of morpholine rings is 1. The molecule has 1 N–H and O–H groups in total. The Bertz CT molecular complexity index is 819. The summed E-state index contributed by atoms with van der Waals surface area (Å²) >= 11 is 1.20. The van der Waals surface area contributed by atoms with Gasteiger partial charge in [0.1, 0.15) is 5.60 Å². The van der Waals surface area contributed by atoms with E-state index in [1.807, 2.05) is 0 Å². The lowest BCUT2D eigenvalue weighted by atomic mass is 10.2. The maximum Gasteiger partial charge on any atom is 0.413 e. The van der Waals surface area contributed by atoms with Crippen molar-refractivity contribution in [2.45, 2.75) is 51.3 Å². The van der Waals surface area contributed by atoms with Gasteiger partial charge in [0.25, 0.3) is 0 Å². The van der Waals surface area contributed by atoms with Gasteiger partial charge in [-0.3, -0.25) is 5.32 Å². The molecule has 9 nitrogen and oxygen atoms in total. The van der Waals surface area contributed by atoms with Crippen LogP contribution in [-0.4, -0.2) is 51.9 Å². The summed E-state index contributed by atoms with van der Waals surface area (Å²) < 4.78 is 16.6. The summed E-state index contributed by atoms with van der Waals surface area (Å²) in [4.78, 5) is 27.1. The monoisotopic (exact) mass is 405 g/mol. The van der Waals surface area contributed by atoms with Crippen LogP contribution in [0.1, 0.15) is 33.6 Å². The van der Waals surface area contributed by atoms with Gasteiger partial charge in [0.05, 0.1) is 43.9 Å². The fraction of sp³-hybridized carbons (Fsp3) is 0.556. The van der Waals surface area contributed by atoms with Gasteiger partial charge in [-0.25, -0.2) is 19.7 Å². The maximum absolute atomic E-state index is 11.8. The summed E-state index contributed by atoms with van der Waals surface area (Å²) in [5, 5.41) is 3.51. The Morgan fingerprint density at radius 3 is 2.50 bits per heavy atom. The average Bonchev–Trinajstić information content (AvgIpc) is 3.15. The second-order valence-corrected chi connectivity index (χ2v) is 8.76. The molecule has 2 saturated heterocycles. The van der Waals surface area contributed by atoms with Crippen molar-refractivity contribution in [1.29, 1.82) is 0 Å². The Balaban J connectivity index is 1.36. The average molecular weight is 405 g/mol. The van der Waals surface area contributed by atoms with Crippen LogP contribution in [0.25, 0.3) is 0 Å². The first kappa shape index (κ1) is 18.9. The minimum Gasteiger partial charge on any atom is -0.444 e. The summed E-state index contributed by atoms with van der Waals surface area (Å²) in [5.74, 6) is 1.22. The molecule has 2 aromatic rings. The van der Waals surface area contributed by atoms with E-state index < -0.39 is 11.7 Å². The first-order chi connectivity index (χ1) is 13.4. The SMILES string of the molecule is CC(C)(C)OC(=O)Nc1ncc(Oc2cnc(N3C4CCC3COC4)nc2)s1. The molecule has 0 spiro atoms. The van der Waals surface area contributed by atoms with Crippen molar-refractivity contribution in [1.82, 2.24) is 15.0 Å². The minimum atomic E-state index is -0.570. The molecule has 2 aliphatic heterocycles. The lowest BCUT2D eigenvalue weighted by Gasteiger charge is -2.34. The molecule has 1 amide bonds. The van der Waals surface area contributed by atoms with Crippen molar-refractivity contribution in [2.24, 2.45) is 0 Å². The van der Waals surface area contributed by atoms with Crippen LogP contribution < -0.4 is 15.0 Å².